The van der Waals surface area contributed by atoms with Gasteiger partial charge in [-0.05, 0) is 25.1 Å². The predicted molar refractivity (Wildman–Crippen MR) is 96.7 cm³/mol. The molecule has 1 aromatic heterocycles. The molecule has 4 N–H and O–H groups in total. The zero-order valence-electron chi connectivity index (χ0n) is 13.8. The number of H-pyrrole nitrogens is 1. The quantitative estimate of drug-likeness (QED) is 0.512. The summed E-state index contributed by atoms with van der Waals surface area (Å²) in [5.74, 6) is 0. The van der Waals surface area contributed by atoms with Crippen LogP contribution in [0.3, 0.4) is 0 Å². The smallest absolute Gasteiger partial charge is 0.213 e. The highest BCUT2D eigenvalue weighted by atomic mass is 15.3. The molecule has 4 rings (SSSR count). The Balaban J connectivity index is 1.76. The molecule has 0 aliphatic carbocycles. The van der Waals surface area contributed by atoms with Gasteiger partial charge in [-0.25, -0.2) is 0 Å². The van der Waals surface area contributed by atoms with E-state index in [9.17, 15) is 0 Å². The number of nitrogens with zero attached hydrogens (tertiary/aromatic N) is 1. The molecule has 0 spiro atoms. The third-order valence-corrected chi connectivity index (χ3v) is 4.70. The standard InChI is InChI=1S/C20H22N4/c21-17-8-6-15(7-9-17)14-24-19-11-13-22-12-10-18(19)20(23-24)16-4-2-1-3-5-16/h1-9,22H,10-14,21H2/p+1. The number of hydrogen-bond acceptors (Lipinski definition) is 2. The highest BCUT2D eigenvalue weighted by molar-refractivity contribution is 5.63. The number of aromatic nitrogens is 2. The lowest BCUT2D eigenvalue weighted by atomic mass is 10.0. The second-order valence-electron chi connectivity index (χ2n) is 6.36. The van der Waals surface area contributed by atoms with Crippen molar-refractivity contribution in [2.75, 3.05) is 18.8 Å². The number of aromatic amines is 1. The topological polar surface area (TPSA) is 57.7 Å². The first-order valence-corrected chi connectivity index (χ1v) is 8.55. The van der Waals surface area contributed by atoms with Crippen molar-refractivity contribution in [1.82, 2.24) is 10.4 Å². The van der Waals surface area contributed by atoms with E-state index >= 15 is 0 Å². The average molecular weight is 319 g/mol. The largest absolute Gasteiger partial charge is 0.399 e. The molecule has 0 unspecified atom stereocenters. The average Bonchev–Trinajstić information content (AvgIpc) is 2.80. The number of nitrogens with one attached hydrogen (secondary N) is 2. The van der Waals surface area contributed by atoms with E-state index in [0.717, 1.165) is 38.2 Å². The number of rotatable bonds is 3. The van der Waals surface area contributed by atoms with E-state index in [-0.39, 0.29) is 0 Å². The summed E-state index contributed by atoms with van der Waals surface area (Å²) >= 11 is 0. The summed E-state index contributed by atoms with van der Waals surface area (Å²) in [4.78, 5) is 0. The van der Waals surface area contributed by atoms with Crippen LogP contribution in [0.25, 0.3) is 11.3 Å². The van der Waals surface area contributed by atoms with Crippen LogP contribution in [0.5, 0.6) is 0 Å². The maximum atomic E-state index is 5.81. The summed E-state index contributed by atoms with van der Waals surface area (Å²) in [6.45, 7) is 2.91. The summed E-state index contributed by atoms with van der Waals surface area (Å²) in [5.41, 5.74) is 13.2. The molecule has 0 saturated heterocycles. The van der Waals surface area contributed by atoms with E-state index in [1.807, 2.05) is 12.1 Å². The van der Waals surface area contributed by atoms with Crippen molar-refractivity contribution in [1.29, 1.82) is 0 Å². The van der Waals surface area contributed by atoms with Gasteiger partial charge in [-0.2, -0.15) is 5.10 Å². The van der Waals surface area contributed by atoms with Crippen LogP contribution in [-0.2, 0) is 19.4 Å². The highest BCUT2D eigenvalue weighted by Crippen LogP contribution is 2.24. The second-order valence-corrected chi connectivity index (χ2v) is 6.36. The van der Waals surface area contributed by atoms with Crippen LogP contribution in [0, 0.1) is 0 Å². The van der Waals surface area contributed by atoms with Gasteiger partial charge >= 0.3 is 0 Å². The third-order valence-electron chi connectivity index (χ3n) is 4.70. The maximum absolute atomic E-state index is 5.81. The minimum Gasteiger partial charge on any atom is -0.399 e. The van der Waals surface area contributed by atoms with Crippen molar-refractivity contribution in [2.45, 2.75) is 19.4 Å². The van der Waals surface area contributed by atoms with E-state index in [0.29, 0.717) is 0 Å². The lowest BCUT2D eigenvalue weighted by Gasteiger charge is -2.00. The zero-order valence-corrected chi connectivity index (χ0v) is 13.8. The summed E-state index contributed by atoms with van der Waals surface area (Å²) < 4.78 is 2.30. The molecule has 4 nitrogen and oxygen atoms in total. The van der Waals surface area contributed by atoms with Crippen molar-refractivity contribution >= 4 is 5.69 Å². The summed E-state index contributed by atoms with van der Waals surface area (Å²) in [6, 6.07) is 18.8. The predicted octanol–water partition coefficient (Wildman–Crippen LogP) is 2.29. The molecule has 4 heteroatoms. The van der Waals surface area contributed by atoms with E-state index in [4.69, 9.17) is 5.73 Å². The number of nitrogen functional groups attached to an aromatic ring is 1. The van der Waals surface area contributed by atoms with Gasteiger partial charge in [-0.15, -0.1) is 4.68 Å². The molecular weight excluding hydrogens is 296 g/mol. The van der Waals surface area contributed by atoms with Gasteiger partial charge in [-0.1, -0.05) is 42.5 Å². The number of nitrogens with two attached hydrogens (primary N) is 1. The molecule has 0 atom stereocenters. The number of benzene rings is 2. The molecule has 2 aromatic carbocycles. The minimum atomic E-state index is 0.809. The highest BCUT2D eigenvalue weighted by Gasteiger charge is 2.26. The molecular formula is C20H23N4+. The Kier molecular flexibility index (Phi) is 4.05. The van der Waals surface area contributed by atoms with Crippen LogP contribution in [0.1, 0.15) is 16.8 Å². The lowest BCUT2D eigenvalue weighted by molar-refractivity contribution is -0.748. The Morgan fingerprint density at radius 2 is 1.67 bits per heavy atom. The van der Waals surface area contributed by atoms with Crippen LogP contribution in [-0.4, -0.2) is 18.2 Å². The normalized spacial score (nSPS) is 14.2. The maximum Gasteiger partial charge on any atom is 0.213 e. The molecule has 0 bridgehead atoms. The fraction of sp³-hybridized carbons (Fsp3) is 0.250. The van der Waals surface area contributed by atoms with Crippen molar-refractivity contribution in [2.24, 2.45) is 0 Å². The summed E-state index contributed by atoms with van der Waals surface area (Å²) in [5, 5.41) is 7.17. The SMILES string of the molecule is Nc1ccc(C[n+]2[nH]c(-c3ccccc3)c3c2CCNCC3)cc1. The van der Waals surface area contributed by atoms with Gasteiger partial charge in [0.2, 0.25) is 5.69 Å². The fourth-order valence-corrected chi connectivity index (χ4v) is 3.46. The van der Waals surface area contributed by atoms with Crippen molar-refractivity contribution in [3.63, 3.8) is 0 Å². The molecule has 3 aromatic rings. The van der Waals surface area contributed by atoms with Crippen molar-refractivity contribution in [3.8, 4) is 11.3 Å². The Bertz CT molecular complexity index is 819. The molecule has 24 heavy (non-hydrogen) atoms. The first-order chi connectivity index (χ1) is 11.8. The van der Waals surface area contributed by atoms with Crippen LogP contribution in [0.2, 0.25) is 0 Å². The second kappa shape index (κ2) is 6.49. The van der Waals surface area contributed by atoms with Crippen LogP contribution in [0.15, 0.2) is 54.6 Å². The van der Waals surface area contributed by atoms with E-state index < -0.39 is 0 Å². The Morgan fingerprint density at radius 1 is 0.917 bits per heavy atom. The monoisotopic (exact) mass is 319 g/mol. The molecule has 0 fully saturated rings. The zero-order chi connectivity index (χ0) is 16.4. The van der Waals surface area contributed by atoms with E-state index in [1.165, 1.54) is 28.1 Å². The number of hydrogen-bond donors (Lipinski definition) is 3. The van der Waals surface area contributed by atoms with Crippen molar-refractivity contribution < 1.29 is 4.68 Å². The Morgan fingerprint density at radius 3 is 2.46 bits per heavy atom. The molecule has 1 aliphatic heterocycles. The first-order valence-electron chi connectivity index (χ1n) is 8.55. The van der Waals surface area contributed by atoms with Crippen LogP contribution in [0.4, 0.5) is 5.69 Å². The Hall–Kier alpha value is -2.59. The van der Waals surface area contributed by atoms with Crippen molar-refractivity contribution in [3.05, 3.63) is 71.4 Å². The van der Waals surface area contributed by atoms with Gasteiger partial charge in [0.1, 0.15) is 5.69 Å². The van der Waals surface area contributed by atoms with Gasteiger partial charge in [0.05, 0.1) is 5.56 Å². The summed E-state index contributed by atoms with van der Waals surface area (Å²) in [7, 11) is 0. The third kappa shape index (κ3) is 2.93. The van der Waals surface area contributed by atoms with E-state index in [2.05, 4.69) is 57.6 Å². The molecule has 2 heterocycles. The Labute approximate surface area is 142 Å². The van der Waals surface area contributed by atoms with Gasteiger partial charge in [0.25, 0.3) is 0 Å². The van der Waals surface area contributed by atoms with Gasteiger partial charge in [-0.3, -0.25) is 0 Å². The summed E-state index contributed by atoms with van der Waals surface area (Å²) in [6.07, 6.45) is 2.11. The molecule has 1 aliphatic rings. The van der Waals surface area contributed by atoms with Gasteiger partial charge in [0, 0.05) is 29.8 Å². The van der Waals surface area contributed by atoms with Gasteiger partial charge in [0.15, 0.2) is 6.54 Å². The first kappa shape index (κ1) is 15.0. The number of fused-ring (bicyclic) bond motifs is 1. The van der Waals surface area contributed by atoms with Crippen LogP contribution >= 0.6 is 0 Å². The van der Waals surface area contributed by atoms with Gasteiger partial charge < -0.3 is 11.1 Å². The lowest BCUT2D eigenvalue weighted by Crippen LogP contribution is -2.41. The molecule has 0 amide bonds. The van der Waals surface area contributed by atoms with E-state index in [1.54, 1.807) is 0 Å². The molecule has 0 radical (unpaired) electrons. The minimum absolute atomic E-state index is 0.809. The number of anilines is 1. The molecule has 122 valence electrons. The van der Waals surface area contributed by atoms with Crippen LogP contribution < -0.4 is 15.7 Å². The fourth-order valence-electron chi connectivity index (χ4n) is 3.46. The molecule has 0 saturated carbocycles.